The van der Waals surface area contributed by atoms with E-state index in [1.165, 1.54) is 70.6 Å². The Morgan fingerprint density at radius 3 is 1.65 bits per heavy atom. The average Bonchev–Trinajstić information content (AvgIpc) is 2.93. The first-order chi connectivity index (χ1) is 19.2. The average molecular weight is 571 g/mol. The lowest BCUT2D eigenvalue weighted by Gasteiger charge is -2.35. The van der Waals surface area contributed by atoms with Gasteiger partial charge in [-0.15, -0.1) is 0 Å². The molecule has 1 heterocycles. The van der Waals surface area contributed by atoms with Crippen LogP contribution in [-0.2, 0) is 47.7 Å². The van der Waals surface area contributed by atoms with Crippen molar-refractivity contribution in [2.24, 2.45) is 0 Å². The van der Waals surface area contributed by atoms with Crippen LogP contribution < -0.4 is 0 Å². The molecule has 0 aliphatic carbocycles. The van der Waals surface area contributed by atoms with Gasteiger partial charge in [0.2, 0.25) is 0 Å². The Labute approximate surface area is 239 Å². The van der Waals surface area contributed by atoms with Gasteiger partial charge in [0.05, 0.1) is 12.8 Å². The maximum Gasteiger partial charge on any atom is 0.366 e. The van der Waals surface area contributed by atoms with Gasteiger partial charge in [-0.2, -0.15) is 0 Å². The number of ether oxygens (including phenoxy) is 5. The second-order valence-electron chi connectivity index (χ2n) is 10.5. The molecule has 230 valence electrons. The van der Waals surface area contributed by atoms with E-state index in [1.54, 1.807) is 0 Å². The van der Waals surface area contributed by atoms with Crippen molar-refractivity contribution in [3.63, 3.8) is 0 Å². The fourth-order valence-electron chi connectivity index (χ4n) is 4.54. The van der Waals surface area contributed by atoms with Gasteiger partial charge in [-0.3, -0.25) is 24.0 Å². The summed E-state index contributed by atoms with van der Waals surface area (Å²) in [7, 11) is 0. The van der Waals surface area contributed by atoms with Gasteiger partial charge in [-0.05, 0) is 6.42 Å². The highest BCUT2D eigenvalue weighted by Gasteiger charge is 2.53. The minimum atomic E-state index is -2.45. The zero-order chi connectivity index (χ0) is 29.6. The van der Waals surface area contributed by atoms with E-state index in [4.69, 9.17) is 23.7 Å². The van der Waals surface area contributed by atoms with Gasteiger partial charge < -0.3 is 23.7 Å². The Morgan fingerprint density at radius 2 is 1.18 bits per heavy atom. The fourth-order valence-corrected chi connectivity index (χ4v) is 4.54. The van der Waals surface area contributed by atoms with Crippen molar-refractivity contribution in [3.8, 4) is 0 Å². The Balaban J connectivity index is 2.39. The molecule has 0 aromatic carbocycles. The van der Waals surface area contributed by atoms with Crippen LogP contribution in [0, 0.1) is 0 Å². The minimum Gasteiger partial charge on any atom is -0.457 e. The molecule has 10 heteroatoms. The molecule has 0 radical (unpaired) electrons. The lowest BCUT2D eigenvalue weighted by atomic mass is 10.0. The number of esters is 5. The Bertz CT molecular complexity index is 780. The molecule has 10 nitrogen and oxygen atoms in total. The third-order valence-electron chi connectivity index (χ3n) is 6.68. The quantitative estimate of drug-likeness (QED) is 0.0720. The third kappa shape index (κ3) is 16.5. The summed E-state index contributed by atoms with van der Waals surface area (Å²) in [6.45, 7) is 3.53. The number of hydrogen-bond donors (Lipinski definition) is 0. The molecular weight excluding hydrogens is 520 g/mol. The van der Waals surface area contributed by atoms with Crippen LogP contribution in [0.5, 0.6) is 0 Å². The Kier molecular flexibility index (Phi) is 18.7. The Morgan fingerprint density at radius 1 is 0.700 bits per heavy atom. The molecule has 0 N–H and O–H groups in total. The fraction of sp³-hybridized carbons (Fsp3) is 0.833. The number of cyclic esters (lactones) is 2. The molecule has 1 aliphatic rings. The van der Waals surface area contributed by atoms with Gasteiger partial charge in [-0.1, -0.05) is 103 Å². The standard InChI is InChI=1S/C30H50O10/c1-4-5-6-7-8-9-10-11-12-13-14-15-16-17-18-19-20-28(35)40-30(39-25(3)32)23-36-26(33)21-22-27(34)38-29(30)37-24(2)31/h29H,4-23H2,1-3H3. The SMILES string of the molecule is CCCCCCCCCCCCCCCCCCC(=O)OC1(OC(C)=O)COC(=O)CCC(=O)OC1OC(C)=O. The van der Waals surface area contributed by atoms with E-state index >= 15 is 0 Å². The van der Waals surface area contributed by atoms with Crippen molar-refractivity contribution < 1.29 is 47.7 Å². The van der Waals surface area contributed by atoms with Crippen LogP contribution in [0.25, 0.3) is 0 Å². The van der Waals surface area contributed by atoms with E-state index in [2.05, 4.69) is 6.92 Å². The van der Waals surface area contributed by atoms with Gasteiger partial charge in [0.25, 0.3) is 0 Å². The monoisotopic (exact) mass is 570 g/mol. The van der Waals surface area contributed by atoms with E-state index < -0.39 is 48.5 Å². The van der Waals surface area contributed by atoms with Crippen LogP contribution in [0.2, 0.25) is 0 Å². The van der Waals surface area contributed by atoms with E-state index in [1.807, 2.05) is 0 Å². The van der Waals surface area contributed by atoms with E-state index in [0.717, 1.165) is 39.5 Å². The van der Waals surface area contributed by atoms with Crippen molar-refractivity contribution >= 4 is 29.8 Å². The normalized spacial score (nSPS) is 19.4. The highest BCUT2D eigenvalue weighted by Crippen LogP contribution is 2.27. The van der Waals surface area contributed by atoms with E-state index in [9.17, 15) is 24.0 Å². The summed E-state index contributed by atoms with van der Waals surface area (Å²) >= 11 is 0. The molecule has 0 amide bonds. The van der Waals surface area contributed by atoms with E-state index in [-0.39, 0.29) is 19.3 Å². The van der Waals surface area contributed by atoms with Crippen molar-refractivity contribution in [1.82, 2.24) is 0 Å². The van der Waals surface area contributed by atoms with Crippen molar-refractivity contribution in [2.45, 2.75) is 155 Å². The molecule has 0 saturated carbocycles. The van der Waals surface area contributed by atoms with Crippen molar-refractivity contribution in [2.75, 3.05) is 6.61 Å². The summed E-state index contributed by atoms with van der Waals surface area (Å²) in [6.07, 6.45) is 16.6. The van der Waals surface area contributed by atoms with Crippen molar-refractivity contribution in [3.05, 3.63) is 0 Å². The number of carbonyl (C=O) groups excluding carboxylic acids is 5. The molecule has 0 spiro atoms. The summed E-state index contributed by atoms with van der Waals surface area (Å²) in [4.78, 5) is 60.3. The van der Waals surface area contributed by atoms with Gasteiger partial charge in [0, 0.05) is 20.3 Å². The molecule has 0 bridgehead atoms. The first-order valence-corrected chi connectivity index (χ1v) is 15.1. The zero-order valence-corrected chi connectivity index (χ0v) is 24.8. The van der Waals surface area contributed by atoms with Gasteiger partial charge >= 0.3 is 41.9 Å². The number of carbonyl (C=O) groups is 5. The molecular formula is C30H50O10. The molecule has 2 unspecified atom stereocenters. The van der Waals surface area contributed by atoms with Crippen LogP contribution in [0.3, 0.4) is 0 Å². The smallest absolute Gasteiger partial charge is 0.366 e. The summed E-state index contributed by atoms with van der Waals surface area (Å²) in [5.41, 5.74) is 0. The third-order valence-corrected chi connectivity index (χ3v) is 6.68. The number of rotatable bonds is 20. The van der Waals surface area contributed by atoms with Gasteiger partial charge in [-0.25, -0.2) is 0 Å². The molecule has 1 saturated heterocycles. The predicted octanol–water partition coefficient (Wildman–Crippen LogP) is 6.21. The molecule has 0 aromatic rings. The first-order valence-electron chi connectivity index (χ1n) is 15.1. The topological polar surface area (TPSA) is 132 Å². The van der Waals surface area contributed by atoms with Crippen LogP contribution in [0.4, 0.5) is 0 Å². The molecule has 2 atom stereocenters. The highest BCUT2D eigenvalue weighted by molar-refractivity contribution is 5.78. The van der Waals surface area contributed by atoms with Gasteiger partial charge in [0.15, 0.2) is 6.61 Å². The molecule has 0 aromatic heterocycles. The lowest BCUT2D eigenvalue weighted by Crippen LogP contribution is -2.56. The molecule has 1 rings (SSSR count). The van der Waals surface area contributed by atoms with E-state index in [0.29, 0.717) is 6.42 Å². The molecule has 40 heavy (non-hydrogen) atoms. The summed E-state index contributed by atoms with van der Waals surface area (Å²) in [6, 6.07) is 0. The summed E-state index contributed by atoms with van der Waals surface area (Å²) in [5, 5.41) is 0. The van der Waals surface area contributed by atoms with Crippen LogP contribution >= 0.6 is 0 Å². The van der Waals surface area contributed by atoms with Gasteiger partial charge in [0.1, 0.15) is 0 Å². The Hall–Kier alpha value is -2.65. The zero-order valence-electron chi connectivity index (χ0n) is 24.8. The van der Waals surface area contributed by atoms with Crippen LogP contribution in [-0.4, -0.2) is 48.5 Å². The second-order valence-corrected chi connectivity index (χ2v) is 10.5. The maximum absolute atomic E-state index is 12.7. The lowest BCUT2D eigenvalue weighted by molar-refractivity contribution is -0.320. The van der Waals surface area contributed by atoms with Crippen molar-refractivity contribution in [1.29, 1.82) is 0 Å². The molecule has 1 aliphatic heterocycles. The van der Waals surface area contributed by atoms with Crippen LogP contribution in [0.15, 0.2) is 0 Å². The summed E-state index contributed by atoms with van der Waals surface area (Å²) < 4.78 is 25.8. The maximum atomic E-state index is 12.7. The predicted molar refractivity (Wildman–Crippen MR) is 147 cm³/mol. The highest BCUT2D eigenvalue weighted by atomic mass is 16.8. The number of hydrogen-bond acceptors (Lipinski definition) is 10. The summed E-state index contributed by atoms with van der Waals surface area (Å²) in [5.74, 6) is -6.71. The minimum absolute atomic E-state index is 0.00383. The second kappa shape index (κ2) is 21.1. The largest absolute Gasteiger partial charge is 0.457 e. The number of unbranched alkanes of at least 4 members (excludes halogenated alkanes) is 15. The molecule has 1 fully saturated rings. The first kappa shape index (κ1) is 35.4. The van der Waals surface area contributed by atoms with Crippen LogP contribution in [0.1, 0.15) is 143 Å².